The van der Waals surface area contributed by atoms with Gasteiger partial charge < -0.3 is 9.30 Å². The third-order valence-corrected chi connectivity index (χ3v) is 13.6. The van der Waals surface area contributed by atoms with E-state index in [2.05, 4.69) is 213 Å². The molecule has 0 saturated heterocycles. The van der Waals surface area contributed by atoms with E-state index in [0.29, 0.717) is 0 Å². The molecule has 0 aliphatic carbocycles. The lowest BCUT2D eigenvalue weighted by Crippen LogP contribution is -2.15. The maximum atomic E-state index is 5.60. The lowest BCUT2D eigenvalue weighted by atomic mass is 9.85. The second-order valence-corrected chi connectivity index (χ2v) is 19.3. The molecule has 0 spiro atoms. The van der Waals surface area contributed by atoms with Crippen LogP contribution in [0.25, 0.3) is 97.9 Å². The third kappa shape index (κ3) is 4.57. The van der Waals surface area contributed by atoms with Crippen molar-refractivity contribution in [3.05, 3.63) is 169 Å². The summed E-state index contributed by atoms with van der Waals surface area (Å²) in [6.45, 7) is 14.0. The Bertz CT molecular complexity index is 3890. The fourth-order valence-electron chi connectivity index (χ4n) is 10.7. The number of fused-ring (bicyclic) bond motifs is 17. The molecule has 13 rings (SSSR count). The first-order chi connectivity index (χ1) is 29.6. The molecule has 4 nitrogen and oxygen atoms in total. The first kappa shape index (κ1) is 34.7. The van der Waals surface area contributed by atoms with Crippen LogP contribution in [0.4, 0.5) is 17.1 Å². The Morgan fingerprint density at radius 1 is 0.410 bits per heavy atom. The molecule has 0 N–H and O–H groups in total. The molecular formula is C57H44N4. The Kier molecular flexibility index (Phi) is 6.69. The van der Waals surface area contributed by atoms with Crippen molar-refractivity contribution in [2.24, 2.45) is 0 Å². The molecule has 13 aromatic rings. The number of hydrogen-bond donors (Lipinski definition) is 0. The summed E-state index contributed by atoms with van der Waals surface area (Å²) in [6, 6.07) is 56.4. The molecular weight excluding hydrogens is 741 g/mol. The zero-order chi connectivity index (χ0) is 41.1. The SMILES string of the molecule is CC(C)(C)c1cc(N(c2ccccc2)c2ccccc2)c2c(c1)c1cc3ccccc3c3c4c5c6cc(C(C)(C)C)cc7c8ccc9ccccc9c8n(c5ncc4n2c13)c76. The van der Waals surface area contributed by atoms with Crippen LogP contribution in [-0.4, -0.2) is 13.8 Å². The van der Waals surface area contributed by atoms with Crippen molar-refractivity contribution in [2.75, 3.05) is 4.90 Å². The maximum absolute atomic E-state index is 5.60. The van der Waals surface area contributed by atoms with Crippen LogP contribution in [0.3, 0.4) is 0 Å². The Morgan fingerprint density at radius 2 is 0.967 bits per heavy atom. The highest BCUT2D eigenvalue weighted by Gasteiger charge is 2.31. The van der Waals surface area contributed by atoms with Gasteiger partial charge in [-0.05, 0) is 92.7 Å². The van der Waals surface area contributed by atoms with E-state index in [1.54, 1.807) is 0 Å². The van der Waals surface area contributed by atoms with Gasteiger partial charge >= 0.3 is 0 Å². The van der Waals surface area contributed by atoms with Crippen LogP contribution >= 0.6 is 0 Å². The topological polar surface area (TPSA) is 24.9 Å². The average Bonchev–Trinajstić information content (AvgIpc) is 3.99. The average molecular weight is 785 g/mol. The summed E-state index contributed by atoms with van der Waals surface area (Å²) in [6.07, 6.45) is 2.18. The minimum atomic E-state index is -0.0929. The van der Waals surface area contributed by atoms with E-state index in [4.69, 9.17) is 4.98 Å². The molecule has 0 saturated carbocycles. The number of benzene rings is 8. The molecule has 5 aromatic heterocycles. The van der Waals surface area contributed by atoms with Crippen molar-refractivity contribution in [3.63, 3.8) is 0 Å². The summed E-state index contributed by atoms with van der Waals surface area (Å²) in [5, 5.41) is 15.2. The summed E-state index contributed by atoms with van der Waals surface area (Å²) in [5.41, 5.74) is 12.9. The number of nitrogens with zero attached hydrogens (tertiary/aromatic N) is 4. The third-order valence-electron chi connectivity index (χ3n) is 13.6. The highest BCUT2D eigenvalue weighted by atomic mass is 15.2. The predicted molar refractivity (Wildman–Crippen MR) is 261 cm³/mol. The van der Waals surface area contributed by atoms with Crippen molar-refractivity contribution < 1.29 is 0 Å². The molecule has 0 unspecified atom stereocenters. The zero-order valence-electron chi connectivity index (χ0n) is 35.3. The van der Waals surface area contributed by atoms with E-state index >= 15 is 0 Å². The molecule has 5 heterocycles. The summed E-state index contributed by atoms with van der Waals surface area (Å²) in [5.74, 6) is 0. The Balaban J connectivity index is 1.31. The first-order valence-corrected chi connectivity index (χ1v) is 21.6. The molecule has 0 atom stereocenters. The largest absolute Gasteiger partial charge is 0.308 e. The summed E-state index contributed by atoms with van der Waals surface area (Å²) >= 11 is 0. The molecule has 0 fully saturated rings. The van der Waals surface area contributed by atoms with Gasteiger partial charge in [-0.3, -0.25) is 4.40 Å². The van der Waals surface area contributed by atoms with Crippen LogP contribution in [0.5, 0.6) is 0 Å². The Labute approximate surface area is 353 Å². The van der Waals surface area contributed by atoms with Gasteiger partial charge in [0.1, 0.15) is 5.65 Å². The number of aromatic nitrogens is 3. The molecule has 0 aliphatic rings. The zero-order valence-corrected chi connectivity index (χ0v) is 35.3. The molecule has 61 heavy (non-hydrogen) atoms. The standard InChI is InChI=1S/C57H44N4/c1-56(2,3)35-28-43-41-26-25-33-17-13-16-24-40(33)51(41)61-52(43)45(30-35)49-50-47(32-58-55(49)61)60-53-44(42-27-34-18-14-15-23-39(34)48(50)54(42)60)29-36(57(4,5)6)31-46(53)59(37-19-9-7-10-20-37)38-21-11-8-12-22-38/h7-32H,1-6H3. The summed E-state index contributed by atoms with van der Waals surface area (Å²) < 4.78 is 5.06. The molecule has 0 radical (unpaired) electrons. The minimum Gasteiger partial charge on any atom is -0.308 e. The highest BCUT2D eigenvalue weighted by Crippen LogP contribution is 2.52. The number of hydrogen-bond acceptors (Lipinski definition) is 2. The minimum absolute atomic E-state index is 0.0592. The lowest BCUT2D eigenvalue weighted by Gasteiger charge is -2.29. The molecule has 0 amide bonds. The second kappa shape index (κ2) is 11.8. The molecule has 0 aliphatic heterocycles. The van der Waals surface area contributed by atoms with Crippen molar-refractivity contribution >= 4 is 115 Å². The normalized spacial score (nSPS) is 13.1. The predicted octanol–water partition coefficient (Wildman–Crippen LogP) is 15.8. The maximum Gasteiger partial charge on any atom is 0.146 e. The van der Waals surface area contributed by atoms with E-state index in [1.165, 1.54) is 97.8 Å². The van der Waals surface area contributed by atoms with Gasteiger partial charge in [-0.2, -0.15) is 0 Å². The van der Waals surface area contributed by atoms with E-state index in [1.807, 2.05) is 0 Å². The van der Waals surface area contributed by atoms with Crippen LogP contribution in [-0.2, 0) is 10.8 Å². The van der Waals surface area contributed by atoms with Gasteiger partial charge in [0.05, 0.1) is 39.5 Å². The van der Waals surface area contributed by atoms with Gasteiger partial charge in [-0.15, -0.1) is 0 Å². The second-order valence-electron chi connectivity index (χ2n) is 19.3. The van der Waals surface area contributed by atoms with Gasteiger partial charge in [0.25, 0.3) is 0 Å². The number of rotatable bonds is 3. The highest BCUT2D eigenvalue weighted by molar-refractivity contribution is 6.40. The monoisotopic (exact) mass is 784 g/mol. The fraction of sp³-hybridized carbons (Fsp3) is 0.140. The Morgan fingerprint density at radius 3 is 1.66 bits per heavy atom. The van der Waals surface area contributed by atoms with Gasteiger partial charge in [-0.25, -0.2) is 4.98 Å². The Hall–Kier alpha value is -7.17. The fourth-order valence-corrected chi connectivity index (χ4v) is 10.7. The van der Waals surface area contributed by atoms with E-state index in [9.17, 15) is 0 Å². The smallest absolute Gasteiger partial charge is 0.146 e. The van der Waals surface area contributed by atoms with Gasteiger partial charge in [-0.1, -0.05) is 139 Å². The van der Waals surface area contributed by atoms with Crippen LogP contribution in [0.15, 0.2) is 158 Å². The van der Waals surface area contributed by atoms with Crippen molar-refractivity contribution in [3.8, 4) is 0 Å². The summed E-state index contributed by atoms with van der Waals surface area (Å²) in [7, 11) is 0. The van der Waals surface area contributed by atoms with E-state index in [0.717, 1.165) is 28.2 Å². The molecule has 0 bridgehead atoms. The number of anilines is 3. The van der Waals surface area contributed by atoms with E-state index in [-0.39, 0.29) is 10.8 Å². The lowest BCUT2D eigenvalue weighted by molar-refractivity contribution is 0.591. The van der Waals surface area contributed by atoms with Crippen LogP contribution in [0.2, 0.25) is 0 Å². The molecule has 8 aromatic carbocycles. The summed E-state index contributed by atoms with van der Waals surface area (Å²) in [4.78, 5) is 8.06. The van der Waals surface area contributed by atoms with Gasteiger partial charge in [0.2, 0.25) is 0 Å². The van der Waals surface area contributed by atoms with E-state index < -0.39 is 0 Å². The van der Waals surface area contributed by atoms with Crippen LogP contribution in [0.1, 0.15) is 52.7 Å². The van der Waals surface area contributed by atoms with Crippen LogP contribution in [0, 0.1) is 0 Å². The number of pyridine rings is 1. The molecule has 292 valence electrons. The number of para-hydroxylation sites is 2. The van der Waals surface area contributed by atoms with Gasteiger partial charge in [0, 0.05) is 59.9 Å². The van der Waals surface area contributed by atoms with Crippen molar-refractivity contribution in [1.82, 2.24) is 13.8 Å². The van der Waals surface area contributed by atoms with Crippen LogP contribution < -0.4 is 4.90 Å². The first-order valence-electron chi connectivity index (χ1n) is 21.6. The van der Waals surface area contributed by atoms with Gasteiger partial charge in [0.15, 0.2) is 0 Å². The molecule has 4 heteroatoms. The quantitative estimate of drug-likeness (QED) is 0.178. The van der Waals surface area contributed by atoms with Crippen molar-refractivity contribution in [1.29, 1.82) is 0 Å². The van der Waals surface area contributed by atoms with Crippen molar-refractivity contribution in [2.45, 2.75) is 52.4 Å².